The van der Waals surface area contributed by atoms with Crippen molar-refractivity contribution in [2.45, 2.75) is 19.4 Å². The monoisotopic (exact) mass is 400 g/mol. The minimum Gasteiger partial charge on any atom is -0.493 e. The van der Waals surface area contributed by atoms with E-state index >= 15 is 0 Å². The van der Waals surface area contributed by atoms with Crippen molar-refractivity contribution in [2.24, 2.45) is 5.92 Å². The normalized spacial score (nSPS) is 16.0. The van der Waals surface area contributed by atoms with Crippen LogP contribution in [0.2, 0.25) is 5.02 Å². The summed E-state index contributed by atoms with van der Waals surface area (Å²) >= 11 is 5.84. The lowest BCUT2D eigenvalue weighted by atomic mass is 10.0. The molecular formula is C21H21ClN2O4. The van der Waals surface area contributed by atoms with Gasteiger partial charge in [0, 0.05) is 36.1 Å². The molecule has 2 amide bonds. The highest BCUT2D eigenvalue weighted by molar-refractivity contribution is 6.30. The van der Waals surface area contributed by atoms with Crippen LogP contribution in [0.3, 0.4) is 0 Å². The van der Waals surface area contributed by atoms with E-state index in [0.29, 0.717) is 37.1 Å². The Balaban J connectivity index is 1.19. The number of ether oxygens (including phenoxy) is 2. The van der Waals surface area contributed by atoms with Gasteiger partial charge >= 0.3 is 6.09 Å². The molecule has 2 aromatic carbocycles. The minimum atomic E-state index is -0.310. The number of nitrogens with zero attached hydrogens (tertiary/aromatic N) is 1. The standard InChI is InChI=1S/C21H21ClN2O4/c22-17-4-1-14(2-5-17)12-28-21(26)24-10-15(11-24)13-27-18-6-7-19-16(9-18)3-8-20(25)23-19/h1-2,4-7,9,15H,3,8,10-13H2,(H,23,25). The molecule has 1 fully saturated rings. The Labute approximate surface area is 168 Å². The quantitative estimate of drug-likeness (QED) is 0.827. The molecule has 4 rings (SSSR count). The van der Waals surface area contributed by atoms with Gasteiger partial charge in [0.05, 0.1) is 6.61 Å². The highest BCUT2D eigenvalue weighted by Crippen LogP contribution is 2.27. The summed E-state index contributed by atoms with van der Waals surface area (Å²) in [4.78, 5) is 25.2. The second kappa shape index (κ2) is 8.10. The summed E-state index contributed by atoms with van der Waals surface area (Å²) in [5, 5.41) is 3.52. The van der Waals surface area contributed by atoms with Crippen molar-refractivity contribution in [2.75, 3.05) is 25.0 Å². The van der Waals surface area contributed by atoms with Crippen LogP contribution < -0.4 is 10.1 Å². The first-order valence-electron chi connectivity index (χ1n) is 9.28. The van der Waals surface area contributed by atoms with Gasteiger partial charge in [0.25, 0.3) is 0 Å². The first-order valence-corrected chi connectivity index (χ1v) is 9.66. The molecule has 146 valence electrons. The summed E-state index contributed by atoms with van der Waals surface area (Å²) < 4.78 is 11.2. The van der Waals surface area contributed by atoms with Gasteiger partial charge < -0.3 is 19.7 Å². The van der Waals surface area contributed by atoms with Crippen LogP contribution in [-0.2, 0) is 22.6 Å². The average Bonchev–Trinajstić information content (AvgIpc) is 2.66. The van der Waals surface area contributed by atoms with Crippen molar-refractivity contribution in [1.29, 1.82) is 0 Å². The average molecular weight is 401 g/mol. The van der Waals surface area contributed by atoms with E-state index in [2.05, 4.69) is 5.32 Å². The van der Waals surface area contributed by atoms with Crippen LogP contribution in [0.15, 0.2) is 42.5 Å². The molecule has 0 radical (unpaired) electrons. The van der Waals surface area contributed by atoms with Crippen LogP contribution in [0.25, 0.3) is 0 Å². The molecule has 2 aliphatic rings. The lowest BCUT2D eigenvalue weighted by Gasteiger charge is -2.38. The number of likely N-dealkylation sites (tertiary alicyclic amines) is 1. The molecule has 0 bridgehead atoms. The van der Waals surface area contributed by atoms with Crippen LogP contribution >= 0.6 is 11.6 Å². The van der Waals surface area contributed by atoms with E-state index in [1.54, 1.807) is 17.0 Å². The molecule has 0 atom stereocenters. The number of halogens is 1. The van der Waals surface area contributed by atoms with E-state index in [-0.39, 0.29) is 18.6 Å². The number of carbonyl (C=O) groups excluding carboxylic acids is 2. The summed E-state index contributed by atoms with van der Waals surface area (Å²) in [6.45, 7) is 2.03. The fraction of sp³-hybridized carbons (Fsp3) is 0.333. The van der Waals surface area contributed by atoms with Gasteiger partial charge in [-0.25, -0.2) is 4.79 Å². The number of anilines is 1. The second-order valence-electron chi connectivity index (χ2n) is 7.13. The Morgan fingerprint density at radius 1 is 1.14 bits per heavy atom. The summed E-state index contributed by atoms with van der Waals surface area (Å²) in [7, 11) is 0. The Hall–Kier alpha value is -2.73. The second-order valence-corrected chi connectivity index (χ2v) is 7.57. The predicted molar refractivity (Wildman–Crippen MR) is 106 cm³/mol. The fourth-order valence-corrected chi connectivity index (χ4v) is 3.43. The summed E-state index contributed by atoms with van der Waals surface area (Å²) in [6.07, 6.45) is 0.928. The lowest BCUT2D eigenvalue weighted by molar-refractivity contribution is -0.116. The Morgan fingerprint density at radius 2 is 1.93 bits per heavy atom. The first-order chi connectivity index (χ1) is 13.6. The number of fused-ring (bicyclic) bond motifs is 1. The maximum atomic E-state index is 12.1. The van der Waals surface area contributed by atoms with Crippen molar-refractivity contribution in [1.82, 2.24) is 4.90 Å². The lowest BCUT2D eigenvalue weighted by Crippen LogP contribution is -2.52. The molecule has 2 aromatic rings. The van der Waals surface area contributed by atoms with Crippen molar-refractivity contribution in [3.63, 3.8) is 0 Å². The third kappa shape index (κ3) is 4.39. The molecular weight excluding hydrogens is 380 g/mol. The van der Waals surface area contributed by atoms with Gasteiger partial charge in [-0.1, -0.05) is 23.7 Å². The molecule has 0 spiro atoms. The van der Waals surface area contributed by atoms with E-state index in [9.17, 15) is 9.59 Å². The number of rotatable bonds is 5. The van der Waals surface area contributed by atoms with Gasteiger partial charge in [-0.15, -0.1) is 0 Å². The van der Waals surface area contributed by atoms with E-state index < -0.39 is 0 Å². The topological polar surface area (TPSA) is 67.9 Å². The van der Waals surface area contributed by atoms with Gasteiger partial charge in [-0.05, 0) is 47.9 Å². The van der Waals surface area contributed by atoms with Crippen LogP contribution in [0, 0.1) is 5.92 Å². The third-order valence-electron chi connectivity index (χ3n) is 4.95. The summed E-state index contributed by atoms with van der Waals surface area (Å²) in [6, 6.07) is 12.9. The molecule has 6 nitrogen and oxygen atoms in total. The Morgan fingerprint density at radius 3 is 2.71 bits per heavy atom. The van der Waals surface area contributed by atoms with E-state index in [1.807, 2.05) is 30.3 Å². The van der Waals surface area contributed by atoms with E-state index in [1.165, 1.54) is 0 Å². The maximum Gasteiger partial charge on any atom is 0.410 e. The Kier molecular flexibility index (Phi) is 5.39. The van der Waals surface area contributed by atoms with Crippen molar-refractivity contribution >= 4 is 29.3 Å². The number of carbonyl (C=O) groups is 2. The molecule has 0 aliphatic carbocycles. The number of aryl methyl sites for hydroxylation is 1. The molecule has 2 heterocycles. The van der Waals surface area contributed by atoms with Crippen LogP contribution in [0.1, 0.15) is 17.5 Å². The minimum absolute atomic E-state index is 0.0543. The van der Waals surface area contributed by atoms with Gasteiger partial charge in [-0.2, -0.15) is 0 Å². The number of benzene rings is 2. The Bertz CT molecular complexity index is 878. The molecule has 0 unspecified atom stereocenters. The molecule has 28 heavy (non-hydrogen) atoms. The zero-order valence-corrected chi connectivity index (χ0v) is 16.1. The van der Waals surface area contributed by atoms with Gasteiger partial charge in [0.2, 0.25) is 5.91 Å². The molecule has 0 aromatic heterocycles. The summed E-state index contributed by atoms with van der Waals surface area (Å²) in [5.41, 5.74) is 2.86. The SMILES string of the molecule is O=C1CCc2cc(OCC3CN(C(=O)OCc4ccc(Cl)cc4)C3)ccc2N1. The van der Waals surface area contributed by atoms with Crippen molar-refractivity contribution < 1.29 is 19.1 Å². The zero-order valence-electron chi connectivity index (χ0n) is 15.3. The zero-order chi connectivity index (χ0) is 19.5. The van der Waals surface area contributed by atoms with Gasteiger partial charge in [-0.3, -0.25) is 4.79 Å². The smallest absolute Gasteiger partial charge is 0.410 e. The predicted octanol–water partition coefficient (Wildman–Crippen LogP) is 3.87. The van der Waals surface area contributed by atoms with Gasteiger partial charge in [0.1, 0.15) is 12.4 Å². The molecule has 1 N–H and O–H groups in total. The van der Waals surface area contributed by atoms with E-state index in [0.717, 1.165) is 29.0 Å². The molecule has 1 saturated heterocycles. The number of hydrogen-bond acceptors (Lipinski definition) is 4. The number of amides is 2. The maximum absolute atomic E-state index is 12.1. The highest BCUT2D eigenvalue weighted by Gasteiger charge is 2.32. The fourth-order valence-electron chi connectivity index (χ4n) is 3.30. The van der Waals surface area contributed by atoms with Crippen molar-refractivity contribution in [3.05, 3.63) is 58.6 Å². The molecule has 7 heteroatoms. The number of nitrogens with one attached hydrogen (secondary N) is 1. The van der Waals surface area contributed by atoms with Crippen LogP contribution in [0.5, 0.6) is 5.75 Å². The highest BCUT2D eigenvalue weighted by atomic mass is 35.5. The number of hydrogen-bond donors (Lipinski definition) is 1. The molecule has 2 aliphatic heterocycles. The largest absolute Gasteiger partial charge is 0.493 e. The summed E-state index contributed by atoms with van der Waals surface area (Å²) in [5.74, 6) is 1.14. The van der Waals surface area contributed by atoms with Crippen molar-refractivity contribution in [3.8, 4) is 5.75 Å². The van der Waals surface area contributed by atoms with E-state index in [4.69, 9.17) is 21.1 Å². The third-order valence-corrected chi connectivity index (χ3v) is 5.20. The van der Waals surface area contributed by atoms with Gasteiger partial charge in [0.15, 0.2) is 0 Å². The molecule has 0 saturated carbocycles. The first kappa shape index (κ1) is 18.6. The van der Waals surface area contributed by atoms with Crippen LogP contribution in [-0.4, -0.2) is 36.6 Å². The van der Waals surface area contributed by atoms with Crippen LogP contribution in [0.4, 0.5) is 10.5 Å².